The van der Waals surface area contributed by atoms with Crippen molar-refractivity contribution in [2.45, 2.75) is 57.9 Å². The number of aromatic nitrogens is 1. The first kappa shape index (κ1) is 15.8. The second kappa shape index (κ2) is 6.43. The molecular formula is C16H25N3O2. The van der Waals surface area contributed by atoms with Gasteiger partial charge in [0.1, 0.15) is 5.56 Å². The Labute approximate surface area is 125 Å². The van der Waals surface area contributed by atoms with Crippen molar-refractivity contribution in [3.8, 4) is 0 Å². The molecule has 21 heavy (non-hydrogen) atoms. The molecule has 2 rings (SSSR count). The maximum atomic E-state index is 12.2. The first-order chi connectivity index (χ1) is 9.99. The molecule has 0 aliphatic heterocycles. The molecule has 0 radical (unpaired) electrons. The number of carbonyl (C=O) groups is 1. The topological polar surface area (TPSA) is 88.0 Å². The molecule has 0 fully saturated rings. The number of aromatic amines is 1. The number of fused-ring (bicyclic) bond motifs is 1. The lowest BCUT2D eigenvalue weighted by Crippen LogP contribution is -2.49. The maximum absolute atomic E-state index is 12.2. The lowest BCUT2D eigenvalue weighted by Gasteiger charge is -2.26. The van der Waals surface area contributed by atoms with Gasteiger partial charge in [0.25, 0.3) is 11.5 Å². The molecule has 1 aliphatic carbocycles. The molecule has 0 saturated heterocycles. The Kier molecular flexibility index (Phi) is 4.83. The molecule has 1 aromatic rings. The first-order valence-electron chi connectivity index (χ1n) is 7.81. The molecular weight excluding hydrogens is 266 g/mol. The van der Waals surface area contributed by atoms with Gasteiger partial charge in [-0.05, 0) is 50.2 Å². The van der Waals surface area contributed by atoms with E-state index in [-0.39, 0.29) is 17.0 Å². The van der Waals surface area contributed by atoms with Crippen LogP contribution in [-0.4, -0.2) is 23.0 Å². The van der Waals surface area contributed by atoms with Crippen LogP contribution in [-0.2, 0) is 12.8 Å². The quantitative estimate of drug-likeness (QED) is 0.768. The summed E-state index contributed by atoms with van der Waals surface area (Å²) in [6.45, 7) is 4.39. The average Bonchev–Trinajstić information content (AvgIpc) is 2.51. The van der Waals surface area contributed by atoms with Crippen LogP contribution in [0, 0.1) is 0 Å². The van der Waals surface area contributed by atoms with E-state index < -0.39 is 5.54 Å². The molecule has 0 aromatic carbocycles. The van der Waals surface area contributed by atoms with Crippen LogP contribution in [0.4, 0.5) is 0 Å². The summed E-state index contributed by atoms with van der Waals surface area (Å²) in [5, 5.41) is 2.81. The van der Waals surface area contributed by atoms with E-state index in [0.717, 1.165) is 49.8 Å². The van der Waals surface area contributed by atoms with E-state index >= 15 is 0 Å². The number of nitrogens with two attached hydrogens (primary N) is 1. The molecule has 116 valence electrons. The van der Waals surface area contributed by atoms with Crippen LogP contribution in [0.3, 0.4) is 0 Å². The van der Waals surface area contributed by atoms with Crippen LogP contribution in [0.15, 0.2) is 10.9 Å². The zero-order chi connectivity index (χ0) is 15.5. The van der Waals surface area contributed by atoms with Crippen LogP contribution >= 0.6 is 0 Å². The summed E-state index contributed by atoms with van der Waals surface area (Å²) < 4.78 is 0. The number of pyridine rings is 1. The van der Waals surface area contributed by atoms with Gasteiger partial charge in [-0.25, -0.2) is 0 Å². The maximum Gasteiger partial charge on any atom is 0.261 e. The fourth-order valence-electron chi connectivity index (χ4n) is 2.70. The van der Waals surface area contributed by atoms with Crippen molar-refractivity contribution in [3.05, 3.63) is 33.2 Å². The van der Waals surface area contributed by atoms with Gasteiger partial charge in [-0.15, -0.1) is 0 Å². The van der Waals surface area contributed by atoms with Crippen molar-refractivity contribution in [2.24, 2.45) is 5.73 Å². The predicted octanol–water partition coefficient (Wildman–Crippen LogP) is 1.50. The van der Waals surface area contributed by atoms with E-state index in [1.54, 1.807) is 6.07 Å². The smallest absolute Gasteiger partial charge is 0.261 e. The van der Waals surface area contributed by atoms with Gasteiger partial charge in [0, 0.05) is 17.8 Å². The van der Waals surface area contributed by atoms with Crippen molar-refractivity contribution in [2.75, 3.05) is 6.54 Å². The molecule has 1 heterocycles. The third kappa shape index (κ3) is 3.53. The average molecular weight is 291 g/mol. The lowest BCUT2D eigenvalue weighted by atomic mass is 9.93. The summed E-state index contributed by atoms with van der Waals surface area (Å²) >= 11 is 0. The number of carbonyl (C=O) groups excluding carboxylic acids is 1. The van der Waals surface area contributed by atoms with Gasteiger partial charge in [-0.3, -0.25) is 9.59 Å². The van der Waals surface area contributed by atoms with E-state index in [1.165, 1.54) is 0 Å². The molecule has 0 saturated carbocycles. The van der Waals surface area contributed by atoms with Crippen LogP contribution < -0.4 is 16.6 Å². The number of aryl methyl sites for hydroxylation is 2. The van der Waals surface area contributed by atoms with Gasteiger partial charge in [0.05, 0.1) is 0 Å². The van der Waals surface area contributed by atoms with Crippen molar-refractivity contribution >= 4 is 5.91 Å². The van der Waals surface area contributed by atoms with Crippen LogP contribution in [0.1, 0.15) is 61.1 Å². The summed E-state index contributed by atoms with van der Waals surface area (Å²) in [7, 11) is 0. The Bertz CT molecular complexity index is 573. The Morgan fingerprint density at radius 2 is 2.00 bits per heavy atom. The fourth-order valence-corrected chi connectivity index (χ4v) is 2.70. The van der Waals surface area contributed by atoms with E-state index in [4.69, 9.17) is 5.73 Å². The zero-order valence-electron chi connectivity index (χ0n) is 12.9. The summed E-state index contributed by atoms with van der Waals surface area (Å²) in [4.78, 5) is 27.1. The van der Waals surface area contributed by atoms with E-state index in [9.17, 15) is 9.59 Å². The minimum absolute atomic E-state index is 0.199. The third-order valence-electron chi connectivity index (χ3n) is 4.59. The Balaban J connectivity index is 2.14. The number of H-pyrrole nitrogens is 1. The van der Waals surface area contributed by atoms with Gasteiger partial charge < -0.3 is 16.0 Å². The number of amides is 1. The fraction of sp³-hybridized carbons (Fsp3) is 0.625. The number of nitrogens with one attached hydrogen (secondary N) is 2. The predicted molar refractivity (Wildman–Crippen MR) is 83.5 cm³/mol. The summed E-state index contributed by atoms with van der Waals surface area (Å²) in [6.07, 6.45) is 5.59. The minimum Gasteiger partial charge on any atom is -0.350 e. The van der Waals surface area contributed by atoms with E-state index in [1.807, 2.05) is 13.8 Å². The molecule has 0 bridgehead atoms. The van der Waals surface area contributed by atoms with Crippen molar-refractivity contribution < 1.29 is 4.79 Å². The Hall–Kier alpha value is -1.62. The van der Waals surface area contributed by atoms with Crippen molar-refractivity contribution in [3.63, 3.8) is 0 Å². The van der Waals surface area contributed by atoms with Gasteiger partial charge >= 0.3 is 0 Å². The molecule has 4 N–H and O–H groups in total. The number of hydrogen-bond donors (Lipinski definition) is 3. The normalized spacial score (nSPS) is 14.6. The monoisotopic (exact) mass is 291 g/mol. The summed E-state index contributed by atoms with van der Waals surface area (Å²) in [5.74, 6) is -0.332. The van der Waals surface area contributed by atoms with Gasteiger partial charge in [-0.1, -0.05) is 13.8 Å². The van der Waals surface area contributed by atoms with Crippen LogP contribution in [0.25, 0.3) is 0 Å². The van der Waals surface area contributed by atoms with Crippen LogP contribution in [0.5, 0.6) is 0 Å². The SMILES string of the molecule is CCC(N)(CC)CNC(=O)c1cc2c([nH]c1=O)CCCC2. The molecule has 1 aliphatic rings. The standard InChI is InChI=1S/C16H25N3O2/c1-3-16(17,4-2)10-18-14(20)12-9-11-7-5-6-8-13(11)19-15(12)21/h9H,3-8,10,17H2,1-2H3,(H,18,20)(H,19,21). The number of hydrogen-bond acceptors (Lipinski definition) is 3. The van der Waals surface area contributed by atoms with Crippen molar-refractivity contribution in [1.82, 2.24) is 10.3 Å². The lowest BCUT2D eigenvalue weighted by molar-refractivity contribution is 0.0940. The highest BCUT2D eigenvalue weighted by Gasteiger charge is 2.23. The van der Waals surface area contributed by atoms with Gasteiger partial charge in [0.15, 0.2) is 0 Å². The van der Waals surface area contributed by atoms with Gasteiger partial charge in [0.2, 0.25) is 0 Å². The Morgan fingerprint density at radius 3 is 2.67 bits per heavy atom. The summed E-state index contributed by atoms with van der Waals surface area (Å²) in [6, 6.07) is 1.75. The second-order valence-corrected chi connectivity index (χ2v) is 5.98. The molecule has 1 amide bonds. The molecule has 0 spiro atoms. The zero-order valence-corrected chi connectivity index (χ0v) is 12.9. The van der Waals surface area contributed by atoms with Gasteiger partial charge in [-0.2, -0.15) is 0 Å². The Morgan fingerprint density at radius 1 is 1.33 bits per heavy atom. The second-order valence-electron chi connectivity index (χ2n) is 5.98. The highest BCUT2D eigenvalue weighted by atomic mass is 16.2. The molecule has 5 nitrogen and oxygen atoms in total. The van der Waals surface area contributed by atoms with Crippen LogP contribution in [0.2, 0.25) is 0 Å². The number of rotatable bonds is 5. The molecule has 0 unspecified atom stereocenters. The minimum atomic E-state index is -0.406. The van der Waals surface area contributed by atoms with E-state index in [2.05, 4.69) is 10.3 Å². The van der Waals surface area contributed by atoms with E-state index in [0.29, 0.717) is 6.54 Å². The third-order valence-corrected chi connectivity index (χ3v) is 4.59. The molecule has 0 atom stereocenters. The molecule has 5 heteroatoms. The largest absolute Gasteiger partial charge is 0.350 e. The highest BCUT2D eigenvalue weighted by Crippen LogP contribution is 2.18. The highest BCUT2D eigenvalue weighted by molar-refractivity contribution is 5.94. The molecule has 1 aromatic heterocycles. The first-order valence-corrected chi connectivity index (χ1v) is 7.81. The summed E-state index contributed by atoms with van der Waals surface area (Å²) in [5.41, 5.74) is 7.74. The van der Waals surface area contributed by atoms with Crippen molar-refractivity contribution in [1.29, 1.82) is 0 Å².